The van der Waals surface area contributed by atoms with Gasteiger partial charge in [-0.2, -0.15) is 0 Å². The molecule has 0 aromatic heterocycles. The molecule has 2 aromatic rings. The lowest BCUT2D eigenvalue weighted by Gasteiger charge is -2.11. The molecule has 0 spiro atoms. The van der Waals surface area contributed by atoms with Gasteiger partial charge in [-0.15, -0.1) is 0 Å². The summed E-state index contributed by atoms with van der Waals surface area (Å²) in [7, 11) is -2.47. The van der Waals surface area contributed by atoms with E-state index < -0.39 is 15.8 Å². The van der Waals surface area contributed by atoms with Crippen molar-refractivity contribution in [3.05, 3.63) is 51.7 Å². The quantitative estimate of drug-likeness (QED) is 0.851. The molecule has 21 heavy (non-hydrogen) atoms. The summed E-state index contributed by atoms with van der Waals surface area (Å²) in [6, 6.07) is 7.83. The molecule has 0 fully saturated rings. The Morgan fingerprint density at radius 3 is 2.57 bits per heavy atom. The Kier molecular flexibility index (Phi) is 4.75. The average Bonchev–Trinajstić information content (AvgIpc) is 2.42. The van der Waals surface area contributed by atoms with Crippen LogP contribution in [0.1, 0.15) is 0 Å². The van der Waals surface area contributed by atoms with Gasteiger partial charge in [0, 0.05) is 5.02 Å². The monoisotopic (exact) mass is 393 g/mol. The first-order valence-electron chi connectivity index (χ1n) is 5.65. The molecule has 0 heterocycles. The Hall–Kier alpha value is -1.31. The van der Waals surface area contributed by atoms with Gasteiger partial charge in [-0.25, -0.2) is 12.8 Å². The van der Waals surface area contributed by atoms with E-state index in [4.69, 9.17) is 16.3 Å². The summed E-state index contributed by atoms with van der Waals surface area (Å²) in [6.45, 7) is 0. The second-order valence-corrected chi connectivity index (χ2v) is 7.00. The number of sulfonamides is 1. The lowest BCUT2D eigenvalue weighted by molar-refractivity contribution is 0.411. The summed E-state index contributed by atoms with van der Waals surface area (Å²) >= 11 is 8.93. The Labute approximate surface area is 135 Å². The van der Waals surface area contributed by atoms with Crippen LogP contribution in [0.15, 0.2) is 45.8 Å². The lowest BCUT2D eigenvalue weighted by Crippen LogP contribution is -2.14. The van der Waals surface area contributed by atoms with Gasteiger partial charge < -0.3 is 4.74 Å². The van der Waals surface area contributed by atoms with Crippen molar-refractivity contribution in [2.24, 2.45) is 0 Å². The molecule has 2 aromatic carbocycles. The summed E-state index contributed by atoms with van der Waals surface area (Å²) in [5.41, 5.74) is -0.213. The lowest BCUT2D eigenvalue weighted by atomic mass is 10.3. The standard InChI is InChI=1S/C13H10BrClFNO3S/c1-20-13-5-3-9(7-10(13)14)21(18,19)17-12-6-8(15)2-4-11(12)16/h2-7,17H,1H3. The number of anilines is 1. The van der Waals surface area contributed by atoms with Crippen LogP contribution in [-0.2, 0) is 10.0 Å². The third-order valence-electron chi connectivity index (χ3n) is 2.61. The van der Waals surface area contributed by atoms with Crippen LogP contribution >= 0.6 is 27.5 Å². The summed E-state index contributed by atoms with van der Waals surface area (Å²) in [5, 5.41) is 0.227. The molecule has 0 bridgehead atoms. The van der Waals surface area contributed by atoms with Gasteiger partial charge >= 0.3 is 0 Å². The molecule has 0 radical (unpaired) electrons. The van der Waals surface area contributed by atoms with Gasteiger partial charge in [0.25, 0.3) is 10.0 Å². The molecule has 0 unspecified atom stereocenters. The van der Waals surface area contributed by atoms with Gasteiger partial charge in [-0.05, 0) is 52.3 Å². The topological polar surface area (TPSA) is 55.4 Å². The fourth-order valence-electron chi connectivity index (χ4n) is 1.59. The summed E-state index contributed by atoms with van der Waals surface area (Å²) in [6.07, 6.45) is 0. The molecule has 4 nitrogen and oxygen atoms in total. The van der Waals surface area contributed by atoms with Crippen LogP contribution in [0.5, 0.6) is 5.75 Å². The van der Waals surface area contributed by atoms with Crippen LogP contribution in [0, 0.1) is 5.82 Å². The predicted molar refractivity (Wildman–Crippen MR) is 82.9 cm³/mol. The molecule has 0 saturated heterocycles. The highest BCUT2D eigenvalue weighted by atomic mass is 79.9. The third kappa shape index (κ3) is 3.66. The second kappa shape index (κ2) is 6.21. The minimum absolute atomic E-state index is 0.0328. The summed E-state index contributed by atoms with van der Waals surface area (Å²) < 4.78 is 45.7. The number of benzene rings is 2. The zero-order valence-electron chi connectivity index (χ0n) is 10.7. The van der Waals surface area contributed by atoms with Crippen LogP contribution in [0.25, 0.3) is 0 Å². The molecule has 0 aliphatic carbocycles. The van der Waals surface area contributed by atoms with E-state index in [0.717, 1.165) is 6.07 Å². The Morgan fingerprint density at radius 2 is 1.95 bits per heavy atom. The highest BCUT2D eigenvalue weighted by Crippen LogP contribution is 2.29. The highest BCUT2D eigenvalue weighted by Gasteiger charge is 2.18. The van der Waals surface area contributed by atoms with Gasteiger partial charge in [-0.3, -0.25) is 4.72 Å². The van der Waals surface area contributed by atoms with Crippen molar-refractivity contribution in [2.45, 2.75) is 4.90 Å². The fraction of sp³-hybridized carbons (Fsp3) is 0.0769. The van der Waals surface area contributed by atoms with Crippen LogP contribution in [0.4, 0.5) is 10.1 Å². The first-order valence-corrected chi connectivity index (χ1v) is 8.30. The van der Waals surface area contributed by atoms with E-state index in [2.05, 4.69) is 20.7 Å². The molecule has 0 atom stereocenters. The van der Waals surface area contributed by atoms with Crippen LogP contribution in [0.2, 0.25) is 5.02 Å². The maximum Gasteiger partial charge on any atom is 0.262 e. The Bertz CT molecular complexity index is 783. The van der Waals surface area contributed by atoms with E-state index in [9.17, 15) is 12.8 Å². The van der Waals surface area contributed by atoms with E-state index >= 15 is 0 Å². The number of hydrogen-bond acceptors (Lipinski definition) is 3. The molecular formula is C13H10BrClFNO3S. The maximum absolute atomic E-state index is 13.6. The molecule has 0 aliphatic heterocycles. The minimum atomic E-state index is -3.93. The Balaban J connectivity index is 2.38. The van der Waals surface area contributed by atoms with E-state index in [1.165, 1.54) is 37.4 Å². The van der Waals surface area contributed by atoms with Gasteiger partial charge in [0.1, 0.15) is 11.6 Å². The van der Waals surface area contributed by atoms with Crippen molar-refractivity contribution >= 4 is 43.2 Å². The largest absolute Gasteiger partial charge is 0.496 e. The van der Waals surface area contributed by atoms with E-state index in [0.29, 0.717) is 10.2 Å². The number of nitrogens with one attached hydrogen (secondary N) is 1. The van der Waals surface area contributed by atoms with Gasteiger partial charge in [0.05, 0.1) is 22.2 Å². The van der Waals surface area contributed by atoms with Crippen LogP contribution < -0.4 is 9.46 Å². The van der Waals surface area contributed by atoms with Crippen molar-refractivity contribution in [2.75, 3.05) is 11.8 Å². The number of hydrogen-bond donors (Lipinski definition) is 1. The number of methoxy groups -OCH3 is 1. The molecule has 1 N–H and O–H groups in total. The molecule has 2 rings (SSSR count). The van der Waals surface area contributed by atoms with Crippen molar-refractivity contribution < 1.29 is 17.5 Å². The van der Waals surface area contributed by atoms with Crippen molar-refractivity contribution in [1.82, 2.24) is 0 Å². The second-order valence-electron chi connectivity index (χ2n) is 4.03. The van der Waals surface area contributed by atoms with Crippen molar-refractivity contribution in [3.63, 3.8) is 0 Å². The van der Waals surface area contributed by atoms with Crippen molar-refractivity contribution in [1.29, 1.82) is 0 Å². The number of ether oxygens (including phenoxy) is 1. The van der Waals surface area contributed by atoms with E-state index in [1.807, 2.05) is 0 Å². The smallest absolute Gasteiger partial charge is 0.262 e. The summed E-state index contributed by atoms with van der Waals surface area (Å²) in [4.78, 5) is -0.0328. The third-order valence-corrected chi connectivity index (χ3v) is 4.82. The van der Waals surface area contributed by atoms with Crippen LogP contribution in [-0.4, -0.2) is 15.5 Å². The molecule has 0 amide bonds. The predicted octanol–water partition coefficient (Wildman–Crippen LogP) is 4.05. The normalized spacial score (nSPS) is 11.2. The zero-order valence-corrected chi connectivity index (χ0v) is 13.9. The number of halogens is 3. The van der Waals surface area contributed by atoms with Crippen LogP contribution in [0.3, 0.4) is 0 Å². The van der Waals surface area contributed by atoms with E-state index in [1.54, 1.807) is 0 Å². The average molecular weight is 395 g/mol. The first kappa shape index (κ1) is 16.1. The van der Waals surface area contributed by atoms with Gasteiger partial charge in [0.2, 0.25) is 0 Å². The van der Waals surface area contributed by atoms with Gasteiger partial charge in [-0.1, -0.05) is 11.6 Å². The van der Waals surface area contributed by atoms with Crippen molar-refractivity contribution in [3.8, 4) is 5.75 Å². The molecule has 112 valence electrons. The first-order chi connectivity index (χ1) is 9.83. The summed E-state index contributed by atoms with van der Waals surface area (Å²) in [5.74, 6) is -0.224. The Morgan fingerprint density at radius 1 is 1.24 bits per heavy atom. The molecule has 0 aliphatic rings. The highest BCUT2D eigenvalue weighted by molar-refractivity contribution is 9.10. The number of rotatable bonds is 4. The molecule has 8 heteroatoms. The molecule has 0 saturated carbocycles. The van der Waals surface area contributed by atoms with E-state index in [-0.39, 0.29) is 15.6 Å². The SMILES string of the molecule is COc1ccc(S(=O)(=O)Nc2cc(Cl)ccc2F)cc1Br. The minimum Gasteiger partial charge on any atom is -0.496 e. The fourth-order valence-corrected chi connectivity index (χ4v) is 3.54. The molecular weight excluding hydrogens is 385 g/mol. The van der Waals surface area contributed by atoms with Gasteiger partial charge in [0.15, 0.2) is 0 Å². The maximum atomic E-state index is 13.6. The zero-order chi connectivity index (χ0) is 15.6.